The van der Waals surface area contributed by atoms with Crippen LogP contribution in [0.2, 0.25) is 0 Å². The summed E-state index contributed by atoms with van der Waals surface area (Å²) in [5.74, 6) is 0. The standard InChI is InChI=1S/4K.O4Si.H2O/c;;;;1-5(2,3)4;/h;;;;;1H2/q4*+1;-4;. The summed E-state index contributed by atoms with van der Waals surface area (Å²) < 4.78 is 0. The molecular weight excluding hydrogens is 264 g/mol. The molecule has 0 spiro atoms. The Bertz CT molecular complexity index is 29.1. The molecule has 0 heterocycles. The van der Waals surface area contributed by atoms with Crippen LogP contribution in [-0.2, 0) is 0 Å². The summed E-state index contributed by atoms with van der Waals surface area (Å²) in [7, 11) is -5.61. The second-order valence-electron chi connectivity index (χ2n) is 0.500. The third-order valence-corrected chi connectivity index (χ3v) is 0. The summed E-state index contributed by atoms with van der Waals surface area (Å²) in [6.07, 6.45) is 0. The van der Waals surface area contributed by atoms with Crippen molar-refractivity contribution in [1.29, 1.82) is 0 Å². The Kier molecular flexibility index (Phi) is 75.2. The Morgan fingerprint density at radius 1 is 0.600 bits per heavy atom. The van der Waals surface area contributed by atoms with Crippen molar-refractivity contribution in [2.75, 3.05) is 0 Å². The van der Waals surface area contributed by atoms with Gasteiger partial charge in [0.05, 0.1) is 0 Å². The smallest absolute Gasteiger partial charge is 0.894 e. The Labute approximate surface area is 231 Å². The molecule has 0 amide bonds. The fraction of sp³-hybridized carbons (Fsp3) is 0. The quantitative estimate of drug-likeness (QED) is 0.404. The predicted molar refractivity (Wildman–Crippen MR) is 9.37 cm³/mol. The monoisotopic (exact) mass is 266 g/mol. The fourth-order valence-corrected chi connectivity index (χ4v) is 0. The average molecular weight is 266 g/mol. The van der Waals surface area contributed by atoms with Gasteiger partial charge in [-0.25, -0.2) is 0 Å². The van der Waals surface area contributed by atoms with Gasteiger partial charge in [0.2, 0.25) is 0 Å². The molecule has 0 aromatic carbocycles. The summed E-state index contributed by atoms with van der Waals surface area (Å²) in [6, 6.07) is 0. The molecule has 0 rings (SSSR count). The molecule has 5 nitrogen and oxygen atoms in total. The Morgan fingerprint density at radius 2 is 0.600 bits per heavy atom. The van der Waals surface area contributed by atoms with Crippen LogP contribution in [0.5, 0.6) is 0 Å². The predicted octanol–water partition coefficient (Wildman–Crippen LogP) is -17.9. The van der Waals surface area contributed by atoms with Crippen LogP contribution < -0.4 is 225 Å². The summed E-state index contributed by atoms with van der Waals surface area (Å²) in [6.45, 7) is 0. The van der Waals surface area contributed by atoms with E-state index in [2.05, 4.69) is 0 Å². The maximum absolute atomic E-state index is 8.58. The van der Waals surface area contributed by atoms with Crippen molar-refractivity contribution in [1.82, 2.24) is 0 Å². The van der Waals surface area contributed by atoms with E-state index in [0.29, 0.717) is 0 Å². The largest absolute Gasteiger partial charge is 1.00 e. The Balaban J connectivity index is -0.00000000800. The average Bonchev–Trinajstić information content (AvgIpc) is 0.722. The van der Waals surface area contributed by atoms with Gasteiger partial charge in [0.15, 0.2) is 0 Å². The van der Waals surface area contributed by atoms with E-state index in [-0.39, 0.29) is 211 Å². The maximum Gasteiger partial charge on any atom is 1.00 e. The van der Waals surface area contributed by atoms with E-state index >= 15 is 0 Å². The van der Waals surface area contributed by atoms with Crippen LogP contribution in [0.3, 0.4) is 0 Å². The first-order valence-corrected chi connectivity index (χ1v) is 2.45. The SMILES string of the molecule is O.[K+].[K+].[K+].[K+].[O-][Si]([O-])([O-])[O-]. The topological polar surface area (TPSA) is 124 Å². The van der Waals surface area contributed by atoms with Gasteiger partial charge in [0.1, 0.15) is 0 Å². The van der Waals surface area contributed by atoms with E-state index in [4.69, 9.17) is 19.2 Å². The van der Waals surface area contributed by atoms with E-state index < -0.39 is 9.05 Å². The van der Waals surface area contributed by atoms with Crippen LogP contribution in [0, 0.1) is 0 Å². The van der Waals surface area contributed by atoms with E-state index in [0.717, 1.165) is 0 Å². The molecule has 0 aromatic heterocycles. The summed E-state index contributed by atoms with van der Waals surface area (Å²) >= 11 is 0. The minimum atomic E-state index is -5.61. The van der Waals surface area contributed by atoms with Crippen LogP contribution in [-0.4, -0.2) is 14.5 Å². The van der Waals surface area contributed by atoms with Crippen LogP contribution in [0.4, 0.5) is 0 Å². The third kappa shape index (κ3) is 62.2. The molecular formula is H2K4O5Si. The molecule has 0 aliphatic carbocycles. The van der Waals surface area contributed by atoms with Crippen LogP contribution in [0.1, 0.15) is 0 Å². The van der Waals surface area contributed by atoms with Crippen molar-refractivity contribution >= 4 is 9.05 Å². The first-order valence-electron chi connectivity index (χ1n) is 0.816. The molecule has 10 heteroatoms. The van der Waals surface area contributed by atoms with Gasteiger partial charge in [-0.05, 0) is 0 Å². The molecule has 0 saturated carbocycles. The van der Waals surface area contributed by atoms with E-state index in [1.165, 1.54) is 0 Å². The number of hydrogen-bond acceptors (Lipinski definition) is 4. The van der Waals surface area contributed by atoms with Crippen LogP contribution >= 0.6 is 0 Å². The van der Waals surface area contributed by atoms with E-state index in [9.17, 15) is 0 Å². The van der Waals surface area contributed by atoms with Gasteiger partial charge in [-0.1, -0.05) is 0 Å². The molecule has 10 heavy (non-hydrogen) atoms. The summed E-state index contributed by atoms with van der Waals surface area (Å²) in [5, 5.41) is 0. The van der Waals surface area contributed by atoms with Gasteiger partial charge in [-0.2, -0.15) is 0 Å². The molecule has 2 N–H and O–H groups in total. The van der Waals surface area contributed by atoms with E-state index in [1.807, 2.05) is 0 Å². The van der Waals surface area contributed by atoms with Crippen molar-refractivity contribution < 1.29 is 230 Å². The van der Waals surface area contributed by atoms with Crippen molar-refractivity contribution in [2.45, 2.75) is 0 Å². The van der Waals surface area contributed by atoms with Gasteiger partial charge in [0, 0.05) is 0 Å². The second-order valence-corrected chi connectivity index (χ2v) is 1.50. The van der Waals surface area contributed by atoms with Gasteiger partial charge in [-0.15, -0.1) is 0 Å². The van der Waals surface area contributed by atoms with Crippen LogP contribution in [0.15, 0.2) is 0 Å². The van der Waals surface area contributed by atoms with Crippen molar-refractivity contribution in [3.63, 3.8) is 0 Å². The van der Waals surface area contributed by atoms with Gasteiger partial charge in [-0.3, -0.25) is 0 Å². The first kappa shape index (κ1) is 36.0. The van der Waals surface area contributed by atoms with Crippen molar-refractivity contribution in [3.05, 3.63) is 0 Å². The second kappa shape index (κ2) is 20.9. The molecule has 0 unspecified atom stereocenters. The molecule has 0 aromatic rings. The summed E-state index contributed by atoms with van der Waals surface area (Å²) in [4.78, 5) is 34.3. The molecule has 40 valence electrons. The zero-order valence-corrected chi connectivity index (χ0v) is 20.1. The molecule has 0 aliphatic rings. The van der Waals surface area contributed by atoms with Crippen molar-refractivity contribution in [2.24, 2.45) is 0 Å². The van der Waals surface area contributed by atoms with Gasteiger partial charge in [0.25, 0.3) is 0 Å². The molecule has 0 aliphatic heterocycles. The minimum absolute atomic E-state index is 0. The Hall–Kier alpha value is 6.56. The van der Waals surface area contributed by atoms with Gasteiger partial charge >= 0.3 is 206 Å². The Morgan fingerprint density at radius 3 is 0.600 bits per heavy atom. The van der Waals surface area contributed by atoms with E-state index in [1.54, 1.807) is 0 Å². The maximum atomic E-state index is 8.58. The molecule has 0 fully saturated rings. The summed E-state index contributed by atoms with van der Waals surface area (Å²) in [5.41, 5.74) is 0. The normalized spacial score (nSPS) is 6.00. The zero-order chi connectivity index (χ0) is 4.50. The van der Waals surface area contributed by atoms with Crippen molar-refractivity contribution in [3.8, 4) is 0 Å². The molecule has 0 radical (unpaired) electrons. The first-order chi connectivity index (χ1) is 2.00. The molecule has 0 saturated heterocycles. The number of hydrogen-bond donors (Lipinski definition) is 0. The van der Waals surface area contributed by atoms with Crippen LogP contribution in [0.25, 0.3) is 0 Å². The molecule has 0 bridgehead atoms. The van der Waals surface area contributed by atoms with Gasteiger partial charge < -0.3 is 33.7 Å². The zero-order valence-electron chi connectivity index (χ0n) is 6.63. The minimum Gasteiger partial charge on any atom is -0.894 e. The third-order valence-electron chi connectivity index (χ3n) is 0. The molecule has 0 atom stereocenters. The number of rotatable bonds is 0. The fourth-order valence-electron chi connectivity index (χ4n) is 0.